The van der Waals surface area contributed by atoms with Gasteiger partial charge in [-0.2, -0.15) is 0 Å². The Morgan fingerprint density at radius 3 is 2.43 bits per heavy atom. The summed E-state index contributed by atoms with van der Waals surface area (Å²) in [4.78, 5) is 2.72. The lowest BCUT2D eigenvalue weighted by Gasteiger charge is -2.45. The van der Waals surface area contributed by atoms with Crippen LogP contribution >= 0.6 is 0 Å². The molecule has 4 heteroatoms. The maximum Gasteiger partial charge on any atom is 0.170 e. The Balaban J connectivity index is 1.72. The normalized spacial score (nSPS) is 35.6. The smallest absolute Gasteiger partial charge is 0.170 e. The van der Waals surface area contributed by atoms with Crippen molar-refractivity contribution in [3.05, 3.63) is 0 Å². The molecule has 0 bridgehead atoms. The summed E-state index contributed by atoms with van der Waals surface area (Å²) in [5.41, 5.74) is 0.542. The zero-order valence-corrected chi connectivity index (χ0v) is 14.0. The van der Waals surface area contributed by atoms with E-state index in [4.69, 9.17) is 9.47 Å². The Morgan fingerprint density at radius 2 is 1.86 bits per heavy atom. The van der Waals surface area contributed by atoms with E-state index in [9.17, 15) is 0 Å². The first-order valence-electron chi connectivity index (χ1n) is 8.85. The SMILES string of the molecule is CCC1(CC)CCN(C2CC3(CCC2NC)OCCO3)C1. The maximum absolute atomic E-state index is 5.99. The van der Waals surface area contributed by atoms with Crippen molar-refractivity contribution in [2.24, 2.45) is 5.41 Å². The van der Waals surface area contributed by atoms with Crippen molar-refractivity contribution in [1.82, 2.24) is 10.2 Å². The Morgan fingerprint density at radius 1 is 1.14 bits per heavy atom. The van der Waals surface area contributed by atoms with Gasteiger partial charge in [0.1, 0.15) is 0 Å². The van der Waals surface area contributed by atoms with Crippen molar-refractivity contribution >= 4 is 0 Å². The lowest BCUT2D eigenvalue weighted by atomic mass is 9.81. The third kappa shape index (κ3) is 2.88. The molecular formula is C17H32N2O2. The van der Waals surface area contributed by atoms with Gasteiger partial charge in [0, 0.05) is 31.5 Å². The third-order valence-corrected chi connectivity index (χ3v) is 6.44. The fraction of sp³-hybridized carbons (Fsp3) is 1.00. The minimum absolute atomic E-state index is 0.276. The number of hydrogen-bond donors (Lipinski definition) is 1. The highest BCUT2D eigenvalue weighted by atomic mass is 16.7. The Hall–Kier alpha value is -0.160. The molecule has 0 aromatic carbocycles. The molecule has 2 saturated heterocycles. The molecule has 2 unspecified atom stereocenters. The van der Waals surface area contributed by atoms with Crippen molar-refractivity contribution in [2.45, 2.75) is 70.2 Å². The van der Waals surface area contributed by atoms with Crippen LogP contribution in [0.25, 0.3) is 0 Å². The number of hydrogen-bond acceptors (Lipinski definition) is 4. The molecule has 3 rings (SSSR count). The predicted molar refractivity (Wildman–Crippen MR) is 84.3 cm³/mol. The Labute approximate surface area is 129 Å². The van der Waals surface area contributed by atoms with Gasteiger partial charge in [-0.3, -0.25) is 4.90 Å². The molecule has 1 saturated carbocycles. The van der Waals surface area contributed by atoms with E-state index in [2.05, 4.69) is 31.1 Å². The van der Waals surface area contributed by atoms with Gasteiger partial charge in [-0.15, -0.1) is 0 Å². The fourth-order valence-corrected chi connectivity index (χ4v) is 4.69. The molecule has 122 valence electrons. The number of nitrogens with zero attached hydrogens (tertiary/aromatic N) is 1. The highest BCUT2D eigenvalue weighted by molar-refractivity contribution is 5.00. The molecule has 2 atom stereocenters. The summed E-state index contributed by atoms with van der Waals surface area (Å²) in [5, 5.41) is 3.55. The number of rotatable bonds is 4. The van der Waals surface area contributed by atoms with E-state index in [-0.39, 0.29) is 5.79 Å². The predicted octanol–water partition coefficient (Wildman–Crippen LogP) is 2.38. The molecule has 21 heavy (non-hydrogen) atoms. The number of nitrogens with one attached hydrogen (secondary N) is 1. The Kier molecular flexibility index (Phi) is 4.60. The third-order valence-electron chi connectivity index (χ3n) is 6.44. The Bertz CT molecular complexity index is 351. The summed E-state index contributed by atoms with van der Waals surface area (Å²) in [7, 11) is 2.11. The van der Waals surface area contributed by atoms with Crippen LogP contribution in [-0.4, -0.2) is 56.1 Å². The van der Waals surface area contributed by atoms with E-state index in [1.165, 1.54) is 32.4 Å². The van der Waals surface area contributed by atoms with Gasteiger partial charge in [0.15, 0.2) is 5.79 Å². The zero-order valence-electron chi connectivity index (χ0n) is 14.0. The van der Waals surface area contributed by atoms with Crippen molar-refractivity contribution < 1.29 is 9.47 Å². The van der Waals surface area contributed by atoms with Crippen LogP contribution in [0.5, 0.6) is 0 Å². The van der Waals surface area contributed by atoms with Crippen molar-refractivity contribution in [1.29, 1.82) is 0 Å². The quantitative estimate of drug-likeness (QED) is 0.863. The molecule has 1 N–H and O–H groups in total. The van der Waals surface area contributed by atoms with Crippen LogP contribution < -0.4 is 5.32 Å². The lowest BCUT2D eigenvalue weighted by molar-refractivity contribution is -0.192. The van der Waals surface area contributed by atoms with Crippen LogP contribution in [0, 0.1) is 5.41 Å². The maximum atomic E-state index is 5.99. The standard InChI is InChI=1S/C17H32N2O2/c1-4-16(5-2)8-9-19(13-16)15-12-17(20-10-11-21-17)7-6-14(15)18-3/h14-15,18H,4-13H2,1-3H3. The number of likely N-dealkylation sites (N-methyl/N-ethyl adjacent to an activating group) is 1. The van der Waals surface area contributed by atoms with E-state index in [0.29, 0.717) is 17.5 Å². The zero-order chi connectivity index (χ0) is 14.9. The molecule has 3 aliphatic rings. The minimum atomic E-state index is -0.276. The monoisotopic (exact) mass is 296 g/mol. The molecule has 1 aliphatic carbocycles. The second-order valence-corrected chi connectivity index (χ2v) is 7.24. The van der Waals surface area contributed by atoms with Crippen LogP contribution in [0.1, 0.15) is 52.4 Å². The molecule has 1 spiro atoms. The van der Waals surface area contributed by atoms with Crippen molar-refractivity contribution in [3.8, 4) is 0 Å². The molecule has 4 nitrogen and oxygen atoms in total. The highest BCUT2D eigenvalue weighted by Gasteiger charge is 2.49. The summed E-state index contributed by atoms with van der Waals surface area (Å²) >= 11 is 0. The van der Waals surface area contributed by atoms with E-state index < -0.39 is 0 Å². The fourth-order valence-electron chi connectivity index (χ4n) is 4.69. The summed E-state index contributed by atoms with van der Waals surface area (Å²) in [6.07, 6.45) is 7.17. The molecule has 2 aliphatic heterocycles. The summed E-state index contributed by atoms with van der Waals surface area (Å²) in [6.45, 7) is 8.73. The average molecular weight is 296 g/mol. The first kappa shape index (κ1) is 15.7. The van der Waals surface area contributed by atoms with Gasteiger partial charge < -0.3 is 14.8 Å². The highest BCUT2D eigenvalue weighted by Crippen LogP contribution is 2.43. The van der Waals surface area contributed by atoms with Gasteiger partial charge in [0.05, 0.1) is 13.2 Å². The second-order valence-electron chi connectivity index (χ2n) is 7.24. The van der Waals surface area contributed by atoms with Gasteiger partial charge in [0.2, 0.25) is 0 Å². The van der Waals surface area contributed by atoms with E-state index in [1.807, 2.05) is 0 Å². The number of likely N-dealkylation sites (tertiary alicyclic amines) is 1. The van der Waals surface area contributed by atoms with Crippen LogP contribution in [0.3, 0.4) is 0 Å². The minimum Gasteiger partial charge on any atom is -0.347 e. The summed E-state index contributed by atoms with van der Waals surface area (Å²) in [5.74, 6) is -0.276. The van der Waals surface area contributed by atoms with Crippen LogP contribution in [-0.2, 0) is 9.47 Å². The average Bonchev–Trinajstić information content (AvgIpc) is 3.15. The van der Waals surface area contributed by atoms with Crippen molar-refractivity contribution in [3.63, 3.8) is 0 Å². The first-order valence-corrected chi connectivity index (χ1v) is 8.85. The number of ether oxygens (including phenoxy) is 2. The van der Waals surface area contributed by atoms with E-state index in [1.54, 1.807) is 0 Å². The van der Waals surface area contributed by atoms with Crippen molar-refractivity contribution in [2.75, 3.05) is 33.4 Å². The lowest BCUT2D eigenvalue weighted by Crippen LogP contribution is -2.56. The molecule has 3 fully saturated rings. The van der Waals surface area contributed by atoms with Crippen LogP contribution in [0.15, 0.2) is 0 Å². The molecule has 0 amide bonds. The van der Waals surface area contributed by atoms with E-state index in [0.717, 1.165) is 32.5 Å². The topological polar surface area (TPSA) is 33.7 Å². The molecule has 0 aromatic heterocycles. The molecule has 0 aromatic rings. The molecule has 0 radical (unpaired) electrons. The van der Waals surface area contributed by atoms with Gasteiger partial charge >= 0.3 is 0 Å². The van der Waals surface area contributed by atoms with Crippen LogP contribution in [0.2, 0.25) is 0 Å². The van der Waals surface area contributed by atoms with Gasteiger partial charge in [-0.25, -0.2) is 0 Å². The van der Waals surface area contributed by atoms with Crippen LogP contribution in [0.4, 0.5) is 0 Å². The largest absolute Gasteiger partial charge is 0.347 e. The summed E-state index contributed by atoms with van der Waals surface area (Å²) < 4.78 is 12.0. The summed E-state index contributed by atoms with van der Waals surface area (Å²) in [6, 6.07) is 1.13. The van der Waals surface area contributed by atoms with Gasteiger partial charge in [-0.1, -0.05) is 13.8 Å². The first-order chi connectivity index (χ1) is 10.2. The van der Waals surface area contributed by atoms with E-state index >= 15 is 0 Å². The van der Waals surface area contributed by atoms with Gasteiger partial charge in [-0.05, 0) is 44.7 Å². The second kappa shape index (κ2) is 6.15. The van der Waals surface area contributed by atoms with Gasteiger partial charge in [0.25, 0.3) is 0 Å². The molecule has 2 heterocycles. The molecular weight excluding hydrogens is 264 g/mol.